The maximum atomic E-state index is 12.8. The summed E-state index contributed by atoms with van der Waals surface area (Å²) in [5, 5.41) is 7.26. The van der Waals surface area contributed by atoms with Gasteiger partial charge in [0.2, 0.25) is 5.78 Å². The van der Waals surface area contributed by atoms with Crippen LogP contribution in [0.2, 0.25) is 0 Å². The fraction of sp³-hybridized carbons (Fsp3) is 0.267. The van der Waals surface area contributed by atoms with Crippen LogP contribution >= 0.6 is 0 Å². The molecule has 0 fully saturated rings. The largest absolute Gasteiger partial charge is 0.378 e. The molecule has 2 aromatic heterocycles. The van der Waals surface area contributed by atoms with Gasteiger partial charge in [0.05, 0.1) is 6.54 Å². The summed E-state index contributed by atoms with van der Waals surface area (Å²) >= 11 is 0. The standard InChI is InChI=1S/C15H16FN5O/c1-2-3-12-8-14(22)21-15(18-12)19-13(20-21)9-17-11-6-4-10(16)5-7-11/h4-8,17H,2-3,9H2,1H3,(H,18,19,20). The topological polar surface area (TPSA) is 75.1 Å². The van der Waals surface area contributed by atoms with Crippen molar-refractivity contribution in [3.05, 3.63) is 58.0 Å². The molecular formula is C15H16FN5O. The van der Waals surface area contributed by atoms with Crippen molar-refractivity contribution in [2.45, 2.75) is 26.3 Å². The predicted molar refractivity (Wildman–Crippen MR) is 81.3 cm³/mol. The van der Waals surface area contributed by atoms with E-state index in [1.807, 2.05) is 6.92 Å². The number of rotatable bonds is 5. The van der Waals surface area contributed by atoms with Gasteiger partial charge in [-0.1, -0.05) is 13.3 Å². The molecule has 0 saturated carbocycles. The first kappa shape index (κ1) is 14.2. The second kappa shape index (κ2) is 5.97. The number of nitrogens with zero attached hydrogens (tertiary/aromatic N) is 3. The molecule has 2 heterocycles. The average molecular weight is 301 g/mol. The number of benzene rings is 1. The summed E-state index contributed by atoms with van der Waals surface area (Å²) in [5.41, 5.74) is 1.42. The van der Waals surface area contributed by atoms with Gasteiger partial charge in [0, 0.05) is 17.4 Å². The first-order valence-electron chi connectivity index (χ1n) is 7.13. The Labute approximate surface area is 126 Å². The smallest absolute Gasteiger partial charge is 0.275 e. The number of hydrogen-bond donors (Lipinski definition) is 2. The van der Waals surface area contributed by atoms with Gasteiger partial charge in [-0.3, -0.25) is 4.79 Å². The normalized spacial score (nSPS) is 11.0. The van der Waals surface area contributed by atoms with Gasteiger partial charge < -0.3 is 10.3 Å². The second-order valence-corrected chi connectivity index (χ2v) is 5.01. The van der Waals surface area contributed by atoms with E-state index in [1.54, 1.807) is 18.2 Å². The Kier molecular flexibility index (Phi) is 3.86. The molecule has 0 aliphatic heterocycles. The highest BCUT2D eigenvalue weighted by Gasteiger charge is 2.08. The number of hydrogen-bond acceptors (Lipinski definition) is 4. The summed E-state index contributed by atoms with van der Waals surface area (Å²) in [6.45, 7) is 2.40. The summed E-state index contributed by atoms with van der Waals surface area (Å²) < 4.78 is 14.1. The van der Waals surface area contributed by atoms with Gasteiger partial charge in [-0.15, -0.1) is 5.10 Å². The first-order valence-corrected chi connectivity index (χ1v) is 7.13. The SMILES string of the molecule is CCCc1cc(=O)n2nc(CNc3ccc(F)cc3)nc2[nH]1. The summed E-state index contributed by atoms with van der Waals surface area (Å²) in [7, 11) is 0. The molecule has 0 amide bonds. The lowest BCUT2D eigenvalue weighted by atomic mass is 10.2. The van der Waals surface area contributed by atoms with Crippen LogP contribution < -0.4 is 10.9 Å². The number of aromatic nitrogens is 4. The molecule has 0 atom stereocenters. The average Bonchev–Trinajstić information content (AvgIpc) is 2.91. The molecule has 3 rings (SSSR count). The van der Waals surface area contributed by atoms with Gasteiger partial charge in [-0.25, -0.2) is 4.39 Å². The molecule has 2 N–H and O–H groups in total. The third-order valence-electron chi connectivity index (χ3n) is 3.24. The van der Waals surface area contributed by atoms with Crippen LogP contribution in [0.5, 0.6) is 0 Å². The van der Waals surface area contributed by atoms with Crippen LogP contribution in [0.3, 0.4) is 0 Å². The molecule has 3 aromatic rings. The van der Waals surface area contributed by atoms with Crippen LogP contribution in [-0.4, -0.2) is 19.6 Å². The van der Waals surface area contributed by atoms with Gasteiger partial charge in [-0.2, -0.15) is 9.50 Å². The zero-order chi connectivity index (χ0) is 15.5. The highest BCUT2D eigenvalue weighted by Crippen LogP contribution is 2.09. The lowest BCUT2D eigenvalue weighted by Gasteiger charge is -2.02. The van der Waals surface area contributed by atoms with Crippen molar-refractivity contribution in [1.29, 1.82) is 0 Å². The lowest BCUT2D eigenvalue weighted by molar-refractivity contribution is 0.628. The van der Waals surface area contributed by atoms with E-state index in [4.69, 9.17) is 0 Å². The van der Waals surface area contributed by atoms with E-state index in [0.717, 1.165) is 24.2 Å². The third kappa shape index (κ3) is 2.98. The van der Waals surface area contributed by atoms with E-state index in [9.17, 15) is 9.18 Å². The van der Waals surface area contributed by atoms with Crippen molar-refractivity contribution in [3.63, 3.8) is 0 Å². The first-order chi connectivity index (χ1) is 10.7. The summed E-state index contributed by atoms with van der Waals surface area (Å²) in [6.07, 6.45) is 1.74. The highest BCUT2D eigenvalue weighted by molar-refractivity contribution is 5.43. The Hall–Kier alpha value is -2.70. The maximum absolute atomic E-state index is 12.8. The molecule has 0 bridgehead atoms. The van der Waals surface area contributed by atoms with E-state index in [-0.39, 0.29) is 11.4 Å². The molecule has 7 heteroatoms. The molecule has 0 aliphatic rings. The number of aryl methyl sites for hydroxylation is 1. The van der Waals surface area contributed by atoms with E-state index in [2.05, 4.69) is 20.4 Å². The van der Waals surface area contributed by atoms with Crippen LogP contribution in [0.15, 0.2) is 35.1 Å². The van der Waals surface area contributed by atoms with Crippen molar-refractivity contribution in [3.8, 4) is 0 Å². The number of aromatic amines is 1. The van der Waals surface area contributed by atoms with Crippen molar-refractivity contribution < 1.29 is 4.39 Å². The molecular weight excluding hydrogens is 285 g/mol. The predicted octanol–water partition coefficient (Wildman–Crippen LogP) is 2.12. The van der Waals surface area contributed by atoms with E-state index < -0.39 is 0 Å². The Bertz CT molecular complexity index is 837. The minimum absolute atomic E-state index is 0.197. The van der Waals surface area contributed by atoms with E-state index in [0.29, 0.717) is 18.1 Å². The van der Waals surface area contributed by atoms with Crippen molar-refractivity contribution in [2.24, 2.45) is 0 Å². The van der Waals surface area contributed by atoms with Crippen molar-refractivity contribution >= 4 is 11.5 Å². The molecule has 6 nitrogen and oxygen atoms in total. The van der Waals surface area contributed by atoms with Gasteiger partial charge >= 0.3 is 0 Å². The Morgan fingerprint density at radius 1 is 1.32 bits per heavy atom. The second-order valence-electron chi connectivity index (χ2n) is 5.01. The van der Waals surface area contributed by atoms with Crippen LogP contribution in [0.4, 0.5) is 10.1 Å². The van der Waals surface area contributed by atoms with Crippen molar-refractivity contribution in [2.75, 3.05) is 5.32 Å². The number of fused-ring (bicyclic) bond motifs is 1. The van der Waals surface area contributed by atoms with Crippen molar-refractivity contribution in [1.82, 2.24) is 19.6 Å². The monoisotopic (exact) mass is 301 g/mol. The Morgan fingerprint density at radius 3 is 2.82 bits per heavy atom. The molecule has 1 aromatic carbocycles. The van der Waals surface area contributed by atoms with E-state index >= 15 is 0 Å². The molecule has 0 unspecified atom stereocenters. The van der Waals surface area contributed by atoms with Crippen LogP contribution in [0, 0.1) is 5.82 Å². The van der Waals surface area contributed by atoms with Gasteiger partial charge in [-0.05, 0) is 30.7 Å². The molecule has 0 aliphatic carbocycles. The fourth-order valence-corrected chi connectivity index (χ4v) is 2.21. The van der Waals surface area contributed by atoms with Crippen LogP contribution in [-0.2, 0) is 13.0 Å². The minimum atomic E-state index is -0.287. The highest BCUT2D eigenvalue weighted by atomic mass is 19.1. The molecule has 0 saturated heterocycles. The van der Waals surface area contributed by atoms with E-state index in [1.165, 1.54) is 16.6 Å². The summed E-state index contributed by atoms with van der Waals surface area (Å²) in [6, 6.07) is 7.56. The third-order valence-corrected chi connectivity index (χ3v) is 3.24. The minimum Gasteiger partial charge on any atom is -0.378 e. The van der Waals surface area contributed by atoms with Crippen LogP contribution in [0.25, 0.3) is 5.78 Å². The van der Waals surface area contributed by atoms with Gasteiger partial charge in [0.15, 0.2) is 5.82 Å². The molecule has 0 radical (unpaired) electrons. The molecule has 114 valence electrons. The molecule has 0 spiro atoms. The van der Waals surface area contributed by atoms with Crippen LogP contribution in [0.1, 0.15) is 24.9 Å². The van der Waals surface area contributed by atoms with Gasteiger partial charge in [0.25, 0.3) is 5.56 Å². The fourth-order valence-electron chi connectivity index (χ4n) is 2.21. The Morgan fingerprint density at radius 2 is 2.09 bits per heavy atom. The number of nitrogens with one attached hydrogen (secondary N) is 2. The maximum Gasteiger partial charge on any atom is 0.275 e. The summed E-state index contributed by atoms with van der Waals surface area (Å²) in [4.78, 5) is 19.4. The summed E-state index contributed by atoms with van der Waals surface area (Å²) in [5.74, 6) is 0.642. The van der Waals surface area contributed by atoms with Gasteiger partial charge in [0.1, 0.15) is 5.82 Å². The number of halogens is 1. The zero-order valence-electron chi connectivity index (χ0n) is 12.1. The molecule has 22 heavy (non-hydrogen) atoms. The zero-order valence-corrected chi connectivity index (χ0v) is 12.1. The lowest BCUT2D eigenvalue weighted by Crippen LogP contribution is -2.15. The Balaban J connectivity index is 1.81. The quantitative estimate of drug-likeness (QED) is 0.757. The number of anilines is 1. The number of H-pyrrole nitrogens is 1.